The summed E-state index contributed by atoms with van der Waals surface area (Å²) in [5.41, 5.74) is 3.69. The molecule has 0 aliphatic heterocycles. The fourth-order valence-corrected chi connectivity index (χ4v) is 2.56. The van der Waals surface area contributed by atoms with E-state index in [9.17, 15) is 9.00 Å². The average molecular weight is 306 g/mol. The van der Waals surface area contributed by atoms with Crippen LogP contribution in [0.1, 0.15) is 16.8 Å². The topological polar surface area (TPSA) is 97.1 Å². The van der Waals surface area contributed by atoms with Crippen LogP contribution in [0.3, 0.4) is 0 Å². The number of para-hydroxylation sites is 1. The normalized spacial score (nSPS) is 12.1. The van der Waals surface area contributed by atoms with E-state index in [4.69, 9.17) is 5.84 Å². The number of pyridine rings is 1. The molecule has 112 valence electrons. The van der Waals surface area contributed by atoms with Crippen molar-refractivity contribution in [3.63, 3.8) is 0 Å². The van der Waals surface area contributed by atoms with Crippen LogP contribution in [-0.2, 0) is 10.8 Å². The van der Waals surface area contributed by atoms with E-state index >= 15 is 0 Å². The highest BCUT2D eigenvalue weighted by atomic mass is 32.2. The Labute approximate surface area is 125 Å². The summed E-state index contributed by atoms with van der Waals surface area (Å²) in [6.45, 7) is 0.487. The van der Waals surface area contributed by atoms with E-state index in [1.807, 2.05) is 24.3 Å². The molecule has 1 atom stereocenters. The molecule has 0 saturated heterocycles. The number of nitrogens with two attached hydrogens (primary N) is 1. The minimum absolute atomic E-state index is 0.188. The van der Waals surface area contributed by atoms with E-state index in [2.05, 4.69) is 15.7 Å². The van der Waals surface area contributed by atoms with Gasteiger partial charge in [-0.3, -0.25) is 9.00 Å². The summed E-state index contributed by atoms with van der Waals surface area (Å²) in [7, 11) is -0.840. The third-order valence-corrected chi connectivity index (χ3v) is 3.87. The first-order valence-electron chi connectivity index (χ1n) is 6.56. The molecule has 0 bridgehead atoms. The molecule has 1 aromatic heterocycles. The monoisotopic (exact) mass is 306 g/mol. The van der Waals surface area contributed by atoms with Gasteiger partial charge in [-0.15, -0.1) is 0 Å². The van der Waals surface area contributed by atoms with E-state index in [0.717, 1.165) is 5.39 Å². The third kappa shape index (κ3) is 3.99. The van der Waals surface area contributed by atoms with Crippen LogP contribution in [0.4, 0.5) is 5.82 Å². The van der Waals surface area contributed by atoms with Crippen molar-refractivity contribution in [2.45, 2.75) is 6.42 Å². The first kappa shape index (κ1) is 15.4. The number of amides is 1. The summed E-state index contributed by atoms with van der Waals surface area (Å²) >= 11 is 0. The number of aromatic nitrogens is 1. The van der Waals surface area contributed by atoms with Crippen molar-refractivity contribution in [2.24, 2.45) is 5.84 Å². The number of carbonyl (C=O) groups is 1. The lowest BCUT2D eigenvalue weighted by Crippen LogP contribution is -2.26. The Hall–Kier alpha value is -1.99. The van der Waals surface area contributed by atoms with E-state index < -0.39 is 10.8 Å². The van der Waals surface area contributed by atoms with Gasteiger partial charge in [0.2, 0.25) is 0 Å². The molecule has 2 rings (SSSR count). The Morgan fingerprint density at radius 2 is 2.14 bits per heavy atom. The zero-order chi connectivity index (χ0) is 15.2. The van der Waals surface area contributed by atoms with Crippen LogP contribution >= 0.6 is 0 Å². The van der Waals surface area contributed by atoms with Gasteiger partial charge in [0.25, 0.3) is 5.91 Å². The maximum absolute atomic E-state index is 12.3. The number of carbonyl (C=O) groups excluding carboxylic acids is 1. The Morgan fingerprint density at radius 1 is 1.38 bits per heavy atom. The minimum Gasteiger partial charge on any atom is -0.352 e. The molecule has 6 nitrogen and oxygen atoms in total. The molecule has 1 amide bonds. The molecule has 7 heteroatoms. The van der Waals surface area contributed by atoms with Crippen LogP contribution in [0.15, 0.2) is 30.3 Å². The molecule has 4 N–H and O–H groups in total. The van der Waals surface area contributed by atoms with Crippen molar-refractivity contribution in [3.8, 4) is 0 Å². The SMILES string of the molecule is CS(=O)CCCNC(=O)c1cc(NN)nc2ccccc12. The number of hydrogen-bond acceptors (Lipinski definition) is 5. The molecule has 2 aromatic rings. The Balaban J connectivity index is 2.19. The van der Waals surface area contributed by atoms with Crippen LogP contribution in [0.2, 0.25) is 0 Å². The standard InChI is InChI=1S/C14H18N4O2S/c1-21(20)8-4-7-16-14(19)11-9-13(18-15)17-12-6-3-2-5-10(11)12/h2-3,5-6,9H,4,7-8,15H2,1H3,(H,16,19)(H,17,18). The molecule has 0 aliphatic carbocycles. The van der Waals surface area contributed by atoms with Gasteiger partial charge in [-0.05, 0) is 18.6 Å². The fourth-order valence-electron chi connectivity index (χ4n) is 2.01. The maximum atomic E-state index is 12.3. The Kier molecular flexibility index (Phi) is 5.24. The van der Waals surface area contributed by atoms with Gasteiger partial charge in [-0.25, -0.2) is 10.8 Å². The minimum atomic E-state index is -0.840. The van der Waals surface area contributed by atoms with E-state index in [0.29, 0.717) is 35.6 Å². The zero-order valence-corrected chi connectivity index (χ0v) is 12.6. The first-order chi connectivity index (χ1) is 10.1. The number of benzene rings is 1. The van der Waals surface area contributed by atoms with Gasteiger partial charge >= 0.3 is 0 Å². The van der Waals surface area contributed by atoms with E-state index in [-0.39, 0.29) is 5.91 Å². The molecular weight excluding hydrogens is 288 g/mol. The van der Waals surface area contributed by atoms with E-state index in [1.165, 1.54) is 0 Å². The maximum Gasteiger partial charge on any atom is 0.252 e. The van der Waals surface area contributed by atoms with Gasteiger partial charge in [0.15, 0.2) is 0 Å². The zero-order valence-electron chi connectivity index (χ0n) is 11.8. The second-order valence-electron chi connectivity index (χ2n) is 4.60. The predicted octanol–water partition coefficient (Wildman–Crippen LogP) is 1.02. The summed E-state index contributed by atoms with van der Waals surface area (Å²) in [5, 5.41) is 3.60. The summed E-state index contributed by atoms with van der Waals surface area (Å²) in [5.74, 6) is 6.21. The number of hydrogen-bond donors (Lipinski definition) is 3. The highest BCUT2D eigenvalue weighted by Gasteiger charge is 2.12. The second-order valence-corrected chi connectivity index (χ2v) is 6.16. The van der Waals surface area contributed by atoms with Crippen LogP contribution in [0, 0.1) is 0 Å². The van der Waals surface area contributed by atoms with Crippen molar-refractivity contribution in [1.29, 1.82) is 0 Å². The molecular formula is C14H18N4O2S. The average Bonchev–Trinajstić information content (AvgIpc) is 2.50. The molecule has 0 aliphatic rings. The highest BCUT2D eigenvalue weighted by Crippen LogP contribution is 2.20. The first-order valence-corrected chi connectivity index (χ1v) is 8.29. The highest BCUT2D eigenvalue weighted by molar-refractivity contribution is 7.84. The molecule has 21 heavy (non-hydrogen) atoms. The summed E-state index contributed by atoms with van der Waals surface area (Å²) < 4.78 is 11.0. The van der Waals surface area contributed by atoms with E-state index in [1.54, 1.807) is 12.3 Å². The largest absolute Gasteiger partial charge is 0.352 e. The lowest BCUT2D eigenvalue weighted by atomic mass is 10.1. The molecule has 0 fully saturated rings. The van der Waals surface area contributed by atoms with Gasteiger partial charge < -0.3 is 10.7 Å². The number of anilines is 1. The van der Waals surface area contributed by atoms with Crippen molar-refractivity contribution in [2.75, 3.05) is 24.0 Å². The number of nitrogens with one attached hydrogen (secondary N) is 2. The molecule has 0 radical (unpaired) electrons. The molecule has 0 spiro atoms. The lowest BCUT2D eigenvalue weighted by molar-refractivity contribution is 0.0955. The summed E-state index contributed by atoms with van der Waals surface area (Å²) in [6.07, 6.45) is 2.33. The van der Waals surface area contributed by atoms with Gasteiger partial charge in [0, 0.05) is 34.7 Å². The Bertz CT molecular complexity index is 675. The van der Waals surface area contributed by atoms with Crippen LogP contribution in [0.5, 0.6) is 0 Å². The number of hydrazine groups is 1. The molecule has 1 aromatic carbocycles. The van der Waals surface area contributed by atoms with Gasteiger partial charge in [0.1, 0.15) is 5.82 Å². The quantitative estimate of drug-likeness (QED) is 0.420. The van der Waals surface area contributed by atoms with Crippen molar-refractivity contribution in [3.05, 3.63) is 35.9 Å². The van der Waals surface area contributed by atoms with Crippen LogP contribution in [-0.4, -0.2) is 33.7 Å². The molecule has 0 saturated carbocycles. The molecule has 1 unspecified atom stereocenters. The predicted molar refractivity (Wildman–Crippen MR) is 85.4 cm³/mol. The lowest BCUT2D eigenvalue weighted by Gasteiger charge is -2.09. The van der Waals surface area contributed by atoms with Crippen LogP contribution < -0.4 is 16.6 Å². The second kappa shape index (κ2) is 7.14. The Morgan fingerprint density at radius 3 is 2.86 bits per heavy atom. The third-order valence-electron chi connectivity index (χ3n) is 3.00. The van der Waals surface area contributed by atoms with Crippen molar-refractivity contribution in [1.82, 2.24) is 10.3 Å². The van der Waals surface area contributed by atoms with Crippen molar-refractivity contribution < 1.29 is 9.00 Å². The van der Waals surface area contributed by atoms with Crippen LogP contribution in [0.25, 0.3) is 10.9 Å². The summed E-state index contributed by atoms with van der Waals surface area (Å²) in [6, 6.07) is 9.01. The van der Waals surface area contributed by atoms with Gasteiger partial charge in [-0.2, -0.15) is 0 Å². The number of fused-ring (bicyclic) bond motifs is 1. The fraction of sp³-hybridized carbons (Fsp3) is 0.286. The number of rotatable bonds is 6. The molecule has 1 heterocycles. The number of nitrogen functional groups attached to an aromatic ring is 1. The van der Waals surface area contributed by atoms with Gasteiger partial charge in [0.05, 0.1) is 11.1 Å². The summed E-state index contributed by atoms with van der Waals surface area (Å²) in [4.78, 5) is 16.6. The van der Waals surface area contributed by atoms with Gasteiger partial charge in [-0.1, -0.05) is 18.2 Å². The number of nitrogens with zero attached hydrogens (tertiary/aromatic N) is 1. The smallest absolute Gasteiger partial charge is 0.252 e. The van der Waals surface area contributed by atoms with Crippen molar-refractivity contribution >= 4 is 33.4 Å².